The molecule has 158 valence electrons. The molecule has 0 aliphatic carbocycles. The summed E-state index contributed by atoms with van der Waals surface area (Å²) in [5, 5.41) is 0. The van der Waals surface area contributed by atoms with Gasteiger partial charge in [0.2, 0.25) is 0 Å². The molecule has 0 saturated carbocycles. The topological polar surface area (TPSA) is 18.5 Å². The van der Waals surface area contributed by atoms with Crippen LogP contribution in [-0.2, 0) is 9.47 Å². The fourth-order valence-corrected chi connectivity index (χ4v) is 3.35. The van der Waals surface area contributed by atoms with Gasteiger partial charge in [-0.1, -0.05) is 117 Å². The van der Waals surface area contributed by atoms with E-state index in [-0.39, 0.29) is 0 Å². The van der Waals surface area contributed by atoms with E-state index in [1.165, 1.54) is 116 Å². The molecule has 0 aliphatic rings. The van der Waals surface area contributed by atoms with Crippen LogP contribution in [-0.4, -0.2) is 26.4 Å². The van der Waals surface area contributed by atoms with Gasteiger partial charge in [0.15, 0.2) is 0 Å². The molecule has 0 aromatic rings. The van der Waals surface area contributed by atoms with Crippen LogP contribution in [0.25, 0.3) is 0 Å². The highest BCUT2D eigenvalue weighted by molar-refractivity contribution is 4.49. The van der Waals surface area contributed by atoms with E-state index in [1.54, 1.807) is 0 Å². The number of hydrogen-bond donors (Lipinski definition) is 0. The van der Waals surface area contributed by atoms with Crippen LogP contribution in [0.5, 0.6) is 0 Å². The average Bonchev–Trinajstić information content (AvgIpc) is 2.66. The van der Waals surface area contributed by atoms with Gasteiger partial charge < -0.3 is 9.47 Å². The molecule has 0 aliphatic heterocycles. The van der Waals surface area contributed by atoms with E-state index in [9.17, 15) is 0 Å². The molecule has 0 unspecified atom stereocenters. The molecule has 0 fully saturated rings. The molecule has 0 aromatic heterocycles. The lowest BCUT2D eigenvalue weighted by Gasteiger charge is -2.06. The van der Waals surface area contributed by atoms with Gasteiger partial charge in [0.1, 0.15) is 0 Å². The normalized spacial score (nSPS) is 11.3. The molecular weight excluding hydrogens is 320 g/mol. The van der Waals surface area contributed by atoms with Crippen molar-refractivity contribution in [3.63, 3.8) is 0 Å². The lowest BCUT2D eigenvalue weighted by Crippen LogP contribution is -2.06. The Kier molecular flexibility index (Phi) is 24.8. The van der Waals surface area contributed by atoms with Crippen LogP contribution in [0.15, 0.2) is 0 Å². The molecule has 2 nitrogen and oxygen atoms in total. The summed E-state index contributed by atoms with van der Waals surface area (Å²) >= 11 is 0. The maximum Gasteiger partial charge on any atom is 0.0700 e. The Labute approximate surface area is 165 Å². The summed E-state index contributed by atoms with van der Waals surface area (Å²) in [6.07, 6.45) is 24.8. The van der Waals surface area contributed by atoms with Gasteiger partial charge in [0.05, 0.1) is 13.2 Å². The Hall–Kier alpha value is -0.0800. The predicted octanol–water partition coefficient (Wildman–Crippen LogP) is 8.08. The molecule has 0 N–H and O–H groups in total. The number of ether oxygens (including phenoxy) is 2. The van der Waals surface area contributed by atoms with Crippen molar-refractivity contribution in [2.75, 3.05) is 26.4 Å². The molecule has 0 radical (unpaired) electrons. The monoisotopic (exact) mass is 370 g/mol. The molecule has 2 heteroatoms. The summed E-state index contributed by atoms with van der Waals surface area (Å²) in [5.74, 6) is 0. The lowest BCUT2D eigenvalue weighted by molar-refractivity contribution is 0.0448. The van der Waals surface area contributed by atoms with Gasteiger partial charge in [0.25, 0.3) is 0 Å². The highest BCUT2D eigenvalue weighted by Crippen LogP contribution is 2.12. The van der Waals surface area contributed by atoms with Crippen LogP contribution in [0, 0.1) is 0 Å². The van der Waals surface area contributed by atoms with Crippen molar-refractivity contribution in [1.82, 2.24) is 0 Å². The highest BCUT2D eigenvalue weighted by atomic mass is 16.5. The largest absolute Gasteiger partial charge is 0.379 e. The van der Waals surface area contributed by atoms with Gasteiger partial charge in [0, 0.05) is 13.2 Å². The summed E-state index contributed by atoms with van der Waals surface area (Å²) in [6, 6.07) is 0. The summed E-state index contributed by atoms with van der Waals surface area (Å²) in [5.41, 5.74) is 0. The molecule has 0 saturated heterocycles. The van der Waals surface area contributed by atoms with Crippen molar-refractivity contribution >= 4 is 0 Å². The van der Waals surface area contributed by atoms with E-state index in [0.717, 1.165) is 26.4 Å². The van der Waals surface area contributed by atoms with Gasteiger partial charge in [-0.15, -0.1) is 0 Å². The third kappa shape index (κ3) is 23.9. The first-order valence-corrected chi connectivity index (χ1v) is 12.1. The van der Waals surface area contributed by atoms with Gasteiger partial charge in [-0.25, -0.2) is 0 Å². The standard InChI is InChI=1S/C24H50O2/c1-3-5-7-9-10-11-12-13-14-15-16-18-20-22-26-24-23-25-21-19-17-8-6-4-2/h3-24H2,1-2H3. The van der Waals surface area contributed by atoms with Gasteiger partial charge >= 0.3 is 0 Å². The fraction of sp³-hybridized carbons (Fsp3) is 1.00. The van der Waals surface area contributed by atoms with Crippen molar-refractivity contribution in [1.29, 1.82) is 0 Å². The molecule has 26 heavy (non-hydrogen) atoms. The van der Waals surface area contributed by atoms with Crippen molar-refractivity contribution in [3.8, 4) is 0 Å². The SMILES string of the molecule is CCCCCCCCCCCCCCCOCCOCCCCCCC. The quantitative estimate of drug-likeness (QED) is 0.169. The second kappa shape index (κ2) is 24.9. The van der Waals surface area contributed by atoms with Crippen LogP contribution in [0.4, 0.5) is 0 Å². The Morgan fingerprint density at radius 3 is 0.885 bits per heavy atom. The minimum atomic E-state index is 0.770. The minimum Gasteiger partial charge on any atom is -0.379 e. The molecule has 0 heterocycles. The van der Waals surface area contributed by atoms with Crippen LogP contribution >= 0.6 is 0 Å². The van der Waals surface area contributed by atoms with Crippen LogP contribution in [0.2, 0.25) is 0 Å². The van der Waals surface area contributed by atoms with Gasteiger partial charge in [-0.3, -0.25) is 0 Å². The van der Waals surface area contributed by atoms with E-state index in [4.69, 9.17) is 9.47 Å². The maximum atomic E-state index is 5.65. The first-order valence-electron chi connectivity index (χ1n) is 12.1. The smallest absolute Gasteiger partial charge is 0.0700 e. The van der Waals surface area contributed by atoms with Crippen molar-refractivity contribution in [2.24, 2.45) is 0 Å². The Morgan fingerprint density at radius 1 is 0.308 bits per heavy atom. The Bertz CT molecular complexity index is 206. The summed E-state index contributed by atoms with van der Waals surface area (Å²) in [7, 11) is 0. The van der Waals surface area contributed by atoms with Crippen molar-refractivity contribution in [2.45, 2.75) is 129 Å². The third-order valence-electron chi connectivity index (χ3n) is 5.16. The summed E-state index contributed by atoms with van der Waals surface area (Å²) < 4.78 is 11.3. The maximum absolute atomic E-state index is 5.65. The number of hydrogen-bond acceptors (Lipinski definition) is 2. The van der Waals surface area contributed by atoms with Crippen LogP contribution in [0.1, 0.15) is 129 Å². The van der Waals surface area contributed by atoms with Crippen LogP contribution < -0.4 is 0 Å². The zero-order valence-corrected chi connectivity index (χ0v) is 18.4. The van der Waals surface area contributed by atoms with E-state index in [2.05, 4.69) is 13.8 Å². The molecular formula is C24H50O2. The van der Waals surface area contributed by atoms with E-state index >= 15 is 0 Å². The van der Waals surface area contributed by atoms with Gasteiger partial charge in [-0.05, 0) is 12.8 Å². The number of unbranched alkanes of at least 4 members (excludes halogenated alkanes) is 16. The lowest BCUT2D eigenvalue weighted by atomic mass is 10.0. The van der Waals surface area contributed by atoms with Gasteiger partial charge in [-0.2, -0.15) is 0 Å². The average molecular weight is 371 g/mol. The zero-order valence-electron chi connectivity index (χ0n) is 18.4. The molecule has 0 atom stereocenters. The molecule has 0 aromatic carbocycles. The van der Waals surface area contributed by atoms with Crippen LogP contribution in [0.3, 0.4) is 0 Å². The zero-order chi connectivity index (χ0) is 19.0. The second-order valence-corrected chi connectivity index (χ2v) is 7.88. The molecule has 0 amide bonds. The van der Waals surface area contributed by atoms with E-state index in [0.29, 0.717) is 0 Å². The molecule has 0 spiro atoms. The Morgan fingerprint density at radius 2 is 0.577 bits per heavy atom. The molecule has 0 rings (SSSR count). The summed E-state index contributed by atoms with van der Waals surface area (Å²) in [4.78, 5) is 0. The van der Waals surface area contributed by atoms with E-state index in [1.807, 2.05) is 0 Å². The third-order valence-corrected chi connectivity index (χ3v) is 5.16. The Balaban J connectivity index is 2.95. The van der Waals surface area contributed by atoms with E-state index < -0.39 is 0 Å². The highest BCUT2D eigenvalue weighted by Gasteiger charge is 1.95. The fourth-order valence-electron chi connectivity index (χ4n) is 3.35. The number of rotatable bonds is 23. The van der Waals surface area contributed by atoms with Crippen molar-refractivity contribution in [3.05, 3.63) is 0 Å². The predicted molar refractivity (Wildman–Crippen MR) is 116 cm³/mol. The molecule has 0 bridgehead atoms. The minimum absolute atomic E-state index is 0.770. The first-order chi connectivity index (χ1) is 12.9. The summed E-state index contributed by atoms with van der Waals surface area (Å²) in [6.45, 7) is 7.91. The van der Waals surface area contributed by atoms with Crippen molar-refractivity contribution < 1.29 is 9.47 Å². The first kappa shape index (κ1) is 25.9. The second-order valence-electron chi connectivity index (χ2n) is 7.88.